The third-order valence-corrected chi connectivity index (χ3v) is 5.11. The molecule has 35 heavy (non-hydrogen) atoms. The van der Waals surface area contributed by atoms with Crippen molar-refractivity contribution < 1.29 is 14.7 Å². The molecule has 0 atom stereocenters. The summed E-state index contributed by atoms with van der Waals surface area (Å²) >= 11 is 6.21. The number of phenols is 1. The number of hydrogen-bond acceptors (Lipinski definition) is 7. The van der Waals surface area contributed by atoms with Gasteiger partial charge in [0.1, 0.15) is 5.75 Å². The lowest BCUT2D eigenvalue weighted by atomic mass is 10.1. The molecule has 0 aliphatic heterocycles. The van der Waals surface area contributed by atoms with Gasteiger partial charge < -0.3 is 21.1 Å². The standard InChI is InChI=1S/C25H17ClN6O3/c26-22-10-7-18(30-23(34)16-3-1-15(12-27)2-4-16)11-21(22)24(35)31-19-13-28-25(29-14-19)32-17-5-8-20(33)9-6-17/h1-11,13-14,33H,(H,30,34)(H,31,35)(H,28,29,32). The largest absolute Gasteiger partial charge is 0.508 e. The van der Waals surface area contributed by atoms with Crippen LogP contribution in [0.5, 0.6) is 5.75 Å². The van der Waals surface area contributed by atoms with Crippen molar-refractivity contribution in [1.29, 1.82) is 5.26 Å². The highest BCUT2D eigenvalue weighted by Gasteiger charge is 2.14. The fraction of sp³-hybridized carbons (Fsp3) is 0. The predicted molar refractivity (Wildman–Crippen MR) is 132 cm³/mol. The molecule has 4 rings (SSSR count). The summed E-state index contributed by atoms with van der Waals surface area (Å²) in [6.45, 7) is 0. The van der Waals surface area contributed by atoms with Crippen LogP contribution in [0.1, 0.15) is 26.3 Å². The minimum atomic E-state index is -0.507. The summed E-state index contributed by atoms with van der Waals surface area (Å²) < 4.78 is 0. The SMILES string of the molecule is N#Cc1ccc(C(=O)Nc2ccc(Cl)c(C(=O)Nc3cnc(Nc4ccc(O)cc4)nc3)c2)cc1. The lowest BCUT2D eigenvalue weighted by Gasteiger charge is -2.10. The molecule has 1 heterocycles. The van der Waals surface area contributed by atoms with Gasteiger partial charge in [0.25, 0.3) is 11.8 Å². The molecule has 0 fully saturated rings. The number of phenolic OH excluding ortho intramolecular Hbond substituents is 1. The van der Waals surface area contributed by atoms with Crippen LogP contribution in [0.15, 0.2) is 79.1 Å². The van der Waals surface area contributed by atoms with E-state index in [1.807, 2.05) is 6.07 Å². The number of carbonyl (C=O) groups is 2. The number of aromatic nitrogens is 2. The zero-order chi connectivity index (χ0) is 24.8. The van der Waals surface area contributed by atoms with E-state index in [1.165, 1.54) is 48.8 Å². The number of nitriles is 1. The molecule has 1 aromatic heterocycles. The molecular weight excluding hydrogens is 468 g/mol. The van der Waals surface area contributed by atoms with Crippen LogP contribution in [0.3, 0.4) is 0 Å². The average Bonchev–Trinajstić information content (AvgIpc) is 2.87. The number of amides is 2. The van der Waals surface area contributed by atoms with Gasteiger partial charge in [0, 0.05) is 16.9 Å². The van der Waals surface area contributed by atoms with E-state index in [9.17, 15) is 14.7 Å². The second-order valence-electron chi connectivity index (χ2n) is 7.26. The molecule has 0 spiro atoms. The van der Waals surface area contributed by atoms with Gasteiger partial charge in [0.15, 0.2) is 0 Å². The van der Waals surface area contributed by atoms with Gasteiger partial charge in [-0.2, -0.15) is 5.26 Å². The second kappa shape index (κ2) is 10.3. The molecule has 2 amide bonds. The van der Waals surface area contributed by atoms with Gasteiger partial charge in [0.05, 0.1) is 40.3 Å². The number of halogens is 1. The van der Waals surface area contributed by atoms with E-state index in [0.717, 1.165) is 0 Å². The molecule has 4 N–H and O–H groups in total. The fourth-order valence-corrected chi connectivity index (χ4v) is 3.21. The normalized spacial score (nSPS) is 10.2. The molecule has 0 aliphatic carbocycles. The van der Waals surface area contributed by atoms with Crippen LogP contribution < -0.4 is 16.0 Å². The summed E-state index contributed by atoms with van der Waals surface area (Å²) in [5, 5.41) is 26.8. The first-order chi connectivity index (χ1) is 16.9. The van der Waals surface area contributed by atoms with Gasteiger partial charge in [-0.1, -0.05) is 11.6 Å². The number of carbonyl (C=O) groups excluding carboxylic acids is 2. The molecule has 0 aliphatic rings. The van der Waals surface area contributed by atoms with Crippen molar-refractivity contribution in [2.75, 3.05) is 16.0 Å². The Bertz CT molecular complexity index is 1420. The van der Waals surface area contributed by atoms with E-state index in [1.54, 1.807) is 30.3 Å². The Morgan fingerprint density at radius 3 is 2.11 bits per heavy atom. The van der Waals surface area contributed by atoms with Crippen molar-refractivity contribution in [3.8, 4) is 11.8 Å². The number of anilines is 4. The molecule has 0 radical (unpaired) electrons. The van der Waals surface area contributed by atoms with Crippen LogP contribution in [0, 0.1) is 11.3 Å². The number of nitrogens with zero attached hydrogens (tertiary/aromatic N) is 3. The zero-order valence-electron chi connectivity index (χ0n) is 18.0. The van der Waals surface area contributed by atoms with E-state index >= 15 is 0 Å². The number of benzene rings is 3. The summed E-state index contributed by atoms with van der Waals surface area (Å²) in [6, 6.07) is 19.1. The van der Waals surface area contributed by atoms with Gasteiger partial charge in [-0.3, -0.25) is 9.59 Å². The van der Waals surface area contributed by atoms with Gasteiger partial charge >= 0.3 is 0 Å². The Labute approximate surface area is 205 Å². The van der Waals surface area contributed by atoms with Crippen LogP contribution >= 0.6 is 11.6 Å². The van der Waals surface area contributed by atoms with E-state index in [-0.39, 0.29) is 16.3 Å². The molecule has 0 bridgehead atoms. The predicted octanol–water partition coefficient (Wildman–Crippen LogP) is 4.96. The molecule has 0 saturated carbocycles. The van der Waals surface area contributed by atoms with Crippen LogP contribution in [-0.2, 0) is 0 Å². The van der Waals surface area contributed by atoms with Gasteiger partial charge in [-0.25, -0.2) is 9.97 Å². The third kappa shape index (κ3) is 5.90. The van der Waals surface area contributed by atoms with E-state index in [2.05, 4.69) is 25.9 Å². The lowest BCUT2D eigenvalue weighted by molar-refractivity contribution is 0.101. The van der Waals surface area contributed by atoms with Gasteiger partial charge in [-0.15, -0.1) is 0 Å². The Balaban J connectivity index is 1.42. The quantitative estimate of drug-likeness (QED) is 0.283. The topological polar surface area (TPSA) is 140 Å². The Hall–Kier alpha value is -4.94. The van der Waals surface area contributed by atoms with Gasteiger partial charge in [0.2, 0.25) is 5.95 Å². The third-order valence-electron chi connectivity index (χ3n) is 4.78. The zero-order valence-corrected chi connectivity index (χ0v) is 18.7. The van der Waals surface area contributed by atoms with Crippen LogP contribution in [0.4, 0.5) is 23.0 Å². The minimum Gasteiger partial charge on any atom is -0.508 e. The highest BCUT2D eigenvalue weighted by atomic mass is 35.5. The highest BCUT2D eigenvalue weighted by Crippen LogP contribution is 2.23. The van der Waals surface area contributed by atoms with Crippen molar-refractivity contribution in [2.24, 2.45) is 0 Å². The van der Waals surface area contributed by atoms with Crippen molar-refractivity contribution in [1.82, 2.24) is 9.97 Å². The average molecular weight is 485 g/mol. The van der Waals surface area contributed by atoms with Crippen molar-refractivity contribution in [3.63, 3.8) is 0 Å². The molecule has 10 heteroatoms. The number of aromatic hydroxyl groups is 1. The highest BCUT2D eigenvalue weighted by molar-refractivity contribution is 6.34. The molecule has 9 nitrogen and oxygen atoms in total. The van der Waals surface area contributed by atoms with Crippen molar-refractivity contribution in [2.45, 2.75) is 0 Å². The summed E-state index contributed by atoms with van der Waals surface area (Å²) in [7, 11) is 0. The van der Waals surface area contributed by atoms with E-state index in [4.69, 9.17) is 16.9 Å². The first-order valence-corrected chi connectivity index (χ1v) is 10.6. The van der Waals surface area contributed by atoms with E-state index in [0.29, 0.717) is 34.1 Å². The molecular formula is C25H17ClN6O3. The lowest BCUT2D eigenvalue weighted by Crippen LogP contribution is -2.15. The Morgan fingerprint density at radius 1 is 0.829 bits per heavy atom. The molecule has 0 saturated heterocycles. The summed E-state index contributed by atoms with van der Waals surface area (Å²) in [5.41, 5.74) is 2.36. The van der Waals surface area contributed by atoms with Crippen LogP contribution in [0.2, 0.25) is 5.02 Å². The monoisotopic (exact) mass is 484 g/mol. The maximum Gasteiger partial charge on any atom is 0.257 e. The minimum absolute atomic E-state index is 0.145. The molecule has 4 aromatic rings. The van der Waals surface area contributed by atoms with Gasteiger partial charge in [-0.05, 0) is 66.7 Å². The van der Waals surface area contributed by atoms with Crippen LogP contribution in [0.25, 0.3) is 0 Å². The number of hydrogen-bond donors (Lipinski definition) is 4. The first-order valence-electron chi connectivity index (χ1n) is 10.2. The summed E-state index contributed by atoms with van der Waals surface area (Å²) in [5.74, 6) is -0.453. The summed E-state index contributed by atoms with van der Waals surface area (Å²) in [6.07, 6.45) is 2.86. The summed E-state index contributed by atoms with van der Waals surface area (Å²) in [4.78, 5) is 33.6. The second-order valence-corrected chi connectivity index (χ2v) is 7.67. The van der Waals surface area contributed by atoms with Crippen LogP contribution in [-0.4, -0.2) is 26.9 Å². The first kappa shape index (κ1) is 23.2. The maximum atomic E-state index is 12.8. The molecule has 172 valence electrons. The molecule has 3 aromatic carbocycles. The maximum absolute atomic E-state index is 12.8. The van der Waals surface area contributed by atoms with Crippen molar-refractivity contribution in [3.05, 3.63) is 101 Å². The number of nitrogens with one attached hydrogen (secondary N) is 3. The number of rotatable bonds is 6. The van der Waals surface area contributed by atoms with Crippen molar-refractivity contribution >= 4 is 46.4 Å². The smallest absolute Gasteiger partial charge is 0.257 e. The molecule has 0 unspecified atom stereocenters. The fourth-order valence-electron chi connectivity index (χ4n) is 3.01. The Morgan fingerprint density at radius 2 is 1.46 bits per heavy atom. The Kier molecular flexibility index (Phi) is 6.86. The van der Waals surface area contributed by atoms with E-state index < -0.39 is 11.8 Å².